The topological polar surface area (TPSA) is 42.9 Å². The molecule has 5 heteroatoms. The van der Waals surface area contributed by atoms with Gasteiger partial charge in [-0.1, -0.05) is 6.58 Å². The summed E-state index contributed by atoms with van der Waals surface area (Å²) in [5.74, 6) is 0.935. The number of nitrogens with zero attached hydrogens (tertiary/aromatic N) is 1. The van der Waals surface area contributed by atoms with Gasteiger partial charge in [0.25, 0.3) is 0 Å². The van der Waals surface area contributed by atoms with Crippen LogP contribution in [-0.2, 0) is 9.31 Å². The van der Waals surface area contributed by atoms with Gasteiger partial charge in [0.2, 0.25) is 0 Å². The number of hydrogen-bond donors (Lipinski definition) is 1. The van der Waals surface area contributed by atoms with Crippen molar-refractivity contribution in [2.75, 3.05) is 6.54 Å². The van der Waals surface area contributed by atoms with Crippen LogP contribution in [0.5, 0.6) is 0 Å². The van der Waals surface area contributed by atoms with E-state index >= 15 is 0 Å². The summed E-state index contributed by atoms with van der Waals surface area (Å²) in [6, 6.07) is 0.593. The quantitative estimate of drug-likeness (QED) is 0.785. The van der Waals surface area contributed by atoms with Gasteiger partial charge in [0.15, 0.2) is 0 Å². The molecular formula is C15H23BN2O2. The fraction of sp³-hybridized carbons (Fsp3) is 0.667. The van der Waals surface area contributed by atoms with Crippen LogP contribution in [0.15, 0.2) is 28.7 Å². The summed E-state index contributed by atoms with van der Waals surface area (Å²) < 4.78 is 12.2. The molecule has 1 aliphatic carbocycles. The van der Waals surface area contributed by atoms with Crippen molar-refractivity contribution >= 4 is 13.0 Å². The minimum Gasteiger partial charge on any atom is -0.399 e. The molecule has 2 aliphatic heterocycles. The number of amidine groups is 1. The molecule has 1 N–H and O–H groups in total. The van der Waals surface area contributed by atoms with Gasteiger partial charge in [0.05, 0.1) is 17.7 Å². The Morgan fingerprint density at radius 2 is 1.85 bits per heavy atom. The van der Waals surface area contributed by atoms with Gasteiger partial charge in [0.1, 0.15) is 5.84 Å². The van der Waals surface area contributed by atoms with E-state index in [9.17, 15) is 0 Å². The van der Waals surface area contributed by atoms with E-state index in [1.165, 1.54) is 12.8 Å². The molecule has 20 heavy (non-hydrogen) atoms. The van der Waals surface area contributed by atoms with Gasteiger partial charge >= 0.3 is 7.12 Å². The summed E-state index contributed by atoms with van der Waals surface area (Å²) >= 11 is 0. The Balaban J connectivity index is 1.80. The SMILES string of the molecule is C=C1CN=C(NC2CC2)C=C1B1OC(C)(C)C(C)(C)O1. The van der Waals surface area contributed by atoms with Crippen molar-refractivity contribution in [3.05, 3.63) is 23.7 Å². The lowest BCUT2D eigenvalue weighted by molar-refractivity contribution is 0.00578. The molecule has 0 aromatic carbocycles. The van der Waals surface area contributed by atoms with Gasteiger partial charge in [-0.2, -0.15) is 0 Å². The predicted octanol–water partition coefficient (Wildman–Crippen LogP) is 2.26. The van der Waals surface area contributed by atoms with E-state index in [2.05, 4.69) is 44.6 Å². The summed E-state index contributed by atoms with van der Waals surface area (Å²) in [6.07, 6.45) is 4.51. The third kappa shape index (κ3) is 2.45. The van der Waals surface area contributed by atoms with Crippen molar-refractivity contribution in [1.82, 2.24) is 5.32 Å². The Morgan fingerprint density at radius 3 is 2.40 bits per heavy atom. The van der Waals surface area contributed by atoms with Crippen molar-refractivity contribution in [3.8, 4) is 0 Å². The lowest BCUT2D eigenvalue weighted by Gasteiger charge is -2.32. The molecular weight excluding hydrogens is 251 g/mol. The van der Waals surface area contributed by atoms with Crippen LogP contribution in [0.2, 0.25) is 0 Å². The third-order valence-electron chi connectivity index (χ3n) is 4.58. The van der Waals surface area contributed by atoms with Crippen molar-refractivity contribution in [2.45, 2.75) is 57.8 Å². The molecule has 2 fully saturated rings. The van der Waals surface area contributed by atoms with Crippen LogP contribution < -0.4 is 5.32 Å². The van der Waals surface area contributed by atoms with Gasteiger partial charge in [-0.25, -0.2) is 0 Å². The average molecular weight is 274 g/mol. The smallest absolute Gasteiger partial charge is 0.399 e. The Kier molecular flexibility index (Phi) is 3.10. The first kappa shape index (κ1) is 13.9. The van der Waals surface area contributed by atoms with E-state index in [0.717, 1.165) is 16.9 Å². The van der Waals surface area contributed by atoms with Crippen LogP contribution in [-0.4, -0.2) is 36.7 Å². The molecule has 1 saturated carbocycles. The maximum atomic E-state index is 6.11. The second-order valence-electron chi connectivity index (χ2n) is 6.91. The second-order valence-corrected chi connectivity index (χ2v) is 6.91. The lowest BCUT2D eigenvalue weighted by Crippen LogP contribution is -2.41. The molecule has 3 rings (SSSR count). The van der Waals surface area contributed by atoms with Crippen LogP contribution in [0.4, 0.5) is 0 Å². The van der Waals surface area contributed by atoms with Crippen LogP contribution in [0.25, 0.3) is 0 Å². The molecule has 4 nitrogen and oxygen atoms in total. The van der Waals surface area contributed by atoms with Crippen molar-refractivity contribution < 1.29 is 9.31 Å². The average Bonchev–Trinajstić information content (AvgIpc) is 3.10. The summed E-state index contributed by atoms with van der Waals surface area (Å²) in [5, 5.41) is 3.43. The largest absolute Gasteiger partial charge is 0.495 e. The van der Waals surface area contributed by atoms with Gasteiger partial charge < -0.3 is 14.6 Å². The zero-order chi connectivity index (χ0) is 14.5. The maximum Gasteiger partial charge on any atom is 0.495 e. The van der Waals surface area contributed by atoms with E-state index in [1.54, 1.807) is 0 Å². The third-order valence-corrected chi connectivity index (χ3v) is 4.58. The van der Waals surface area contributed by atoms with Crippen LogP contribution >= 0.6 is 0 Å². The fourth-order valence-corrected chi connectivity index (χ4v) is 2.30. The number of dihydropyridines is 1. The van der Waals surface area contributed by atoms with Crippen LogP contribution in [0.1, 0.15) is 40.5 Å². The van der Waals surface area contributed by atoms with Crippen LogP contribution in [0, 0.1) is 0 Å². The predicted molar refractivity (Wildman–Crippen MR) is 81.8 cm³/mol. The van der Waals surface area contributed by atoms with Gasteiger partial charge in [0, 0.05) is 6.04 Å². The molecule has 0 aromatic heterocycles. The zero-order valence-electron chi connectivity index (χ0n) is 12.8. The highest BCUT2D eigenvalue weighted by atomic mass is 16.7. The Hall–Kier alpha value is -1.07. The van der Waals surface area contributed by atoms with E-state index < -0.39 is 0 Å². The fourth-order valence-electron chi connectivity index (χ4n) is 2.30. The molecule has 0 bridgehead atoms. The van der Waals surface area contributed by atoms with Crippen molar-refractivity contribution in [3.63, 3.8) is 0 Å². The summed E-state index contributed by atoms with van der Waals surface area (Å²) in [4.78, 5) is 4.50. The van der Waals surface area contributed by atoms with Crippen molar-refractivity contribution in [2.24, 2.45) is 4.99 Å². The summed E-state index contributed by atoms with van der Waals surface area (Å²) in [5.41, 5.74) is 1.35. The Morgan fingerprint density at radius 1 is 1.25 bits per heavy atom. The van der Waals surface area contributed by atoms with Crippen LogP contribution in [0.3, 0.4) is 0 Å². The second kappa shape index (κ2) is 4.47. The Bertz CT molecular complexity index is 488. The van der Waals surface area contributed by atoms with E-state index in [-0.39, 0.29) is 18.3 Å². The van der Waals surface area contributed by atoms with E-state index in [4.69, 9.17) is 9.31 Å². The zero-order valence-corrected chi connectivity index (χ0v) is 12.8. The van der Waals surface area contributed by atoms with Crippen molar-refractivity contribution in [1.29, 1.82) is 0 Å². The molecule has 3 aliphatic rings. The summed E-state index contributed by atoms with van der Waals surface area (Å²) in [7, 11) is -0.348. The molecule has 108 valence electrons. The van der Waals surface area contributed by atoms with Gasteiger partial charge in [-0.15, -0.1) is 0 Å². The standard InChI is InChI=1S/C15H23BN2O2/c1-10-9-17-13(18-11-6-7-11)8-12(10)16-19-14(2,3)15(4,5)20-16/h8,11H,1,6-7,9H2,2-5H3,(H,17,18). The maximum absolute atomic E-state index is 6.11. The minimum atomic E-state index is -0.348. The number of hydrogen-bond acceptors (Lipinski definition) is 4. The first-order valence-electron chi connectivity index (χ1n) is 7.35. The molecule has 2 heterocycles. The molecule has 0 spiro atoms. The molecule has 0 amide bonds. The molecule has 0 radical (unpaired) electrons. The summed E-state index contributed by atoms with van der Waals surface area (Å²) in [6.45, 7) is 13.0. The highest BCUT2D eigenvalue weighted by molar-refractivity contribution is 6.56. The minimum absolute atomic E-state index is 0.322. The van der Waals surface area contributed by atoms with Gasteiger partial charge in [-0.3, -0.25) is 4.99 Å². The number of rotatable bonds is 2. The normalized spacial score (nSPS) is 28.2. The Labute approximate surface area is 121 Å². The lowest BCUT2D eigenvalue weighted by atomic mass is 9.73. The number of nitrogens with one attached hydrogen (secondary N) is 1. The van der Waals surface area contributed by atoms with E-state index in [1.807, 2.05) is 6.08 Å². The monoisotopic (exact) mass is 274 g/mol. The van der Waals surface area contributed by atoms with E-state index in [0.29, 0.717) is 12.6 Å². The molecule has 1 saturated heterocycles. The molecule has 0 atom stereocenters. The highest BCUT2D eigenvalue weighted by Crippen LogP contribution is 2.40. The first-order valence-corrected chi connectivity index (χ1v) is 7.35. The highest BCUT2D eigenvalue weighted by Gasteiger charge is 2.52. The molecule has 0 unspecified atom stereocenters. The molecule has 0 aromatic rings. The number of aliphatic imine (C=N–C) groups is 1. The first-order chi connectivity index (χ1) is 9.28. The van der Waals surface area contributed by atoms with Gasteiger partial charge in [-0.05, 0) is 57.7 Å².